The Hall–Kier alpha value is -0.770. The Bertz CT molecular complexity index is 317. The van der Waals surface area contributed by atoms with Gasteiger partial charge in [-0.3, -0.25) is 0 Å². The number of H-pyrrole nitrogens is 1. The number of nitrogens with one attached hydrogen (secondary N) is 1. The number of aromatic amines is 1. The molecule has 0 unspecified atom stereocenters. The van der Waals surface area contributed by atoms with Gasteiger partial charge in [-0.05, 0) is 21.8 Å². The minimum atomic E-state index is -0.300. The van der Waals surface area contributed by atoms with Gasteiger partial charge < -0.3 is 9.72 Å². The molecular formula is C9H12BrNO2. The summed E-state index contributed by atoms with van der Waals surface area (Å²) in [6, 6.07) is 0. The van der Waals surface area contributed by atoms with Crippen molar-refractivity contribution < 1.29 is 9.53 Å². The molecule has 0 aliphatic heterocycles. The van der Waals surface area contributed by atoms with Crippen LogP contribution in [0.4, 0.5) is 0 Å². The van der Waals surface area contributed by atoms with E-state index in [4.69, 9.17) is 0 Å². The topological polar surface area (TPSA) is 42.1 Å². The number of aromatic nitrogens is 1. The summed E-state index contributed by atoms with van der Waals surface area (Å²) in [6.45, 7) is 4.06. The molecule has 0 bridgehead atoms. The molecule has 0 radical (unpaired) electrons. The van der Waals surface area contributed by atoms with Gasteiger partial charge in [-0.15, -0.1) is 0 Å². The Morgan fingerprint density at radius 2 is 2.23 bits per heavy atom. The van der Waals surface area contributed by atoms with Gasteiger partial charge in [0.05, 0.1) is 17.3 Å². The van der Waals surface area contributed by atoms with Crippen molar-refractivity contribution in [3.63, 3.8) is 0 Å². The summed E-state index contributed by atoms with van der Waals surface area (Å²) in [5.74, 6) is -0.0135. The van der Waals surface area contributed by atoms with Gasteiger partial charge in [-0.2, -0.15) is 0 Å². The molecule has 0 aliphatic carbocycles. The first-order valence-corrected chi connectivity index (χ1v) is 4.82. The van der Waals surface area contributed by atoms with Gasteiger partial charge in [0.15, 0.2) is 0 Å². The lowest BCUT2D eigenvalue weighted by molar-refractivity contribution is 0.0599. The van der Waals surface area contributed by atoms with E-state index >= 15 is 0 Å². The summed E-state index contributed by atoms with van der Waals surface area (Å²) in [6.07, 6.45) is 1.66. The van der Waals surface area contributed by atoms with Crippen LogP contribution in [-0.2, 0) is 4.74 Å². The first-order valence-electron chi connectivity index (χ1n) is 4.03. The number of carbonyl (C=O) groups excluding carboxylic acids is 1. The van der Waals surface area contributed by atoms with Gasteiger partial charge in [0, 0.05) is 11.8 Å². The molecule has 4 heteroatoms. The maximum absolute atomic E-state index is 11.3. The number of halogens is 1. The maximum Gasteiger partial charge on any atom is 0.339 e. The minimum absolute atomic E-state index is 0.287. The largest absolute Gasteiger partial charge is 0.465 e. The number of ether oxygens (including phenoxy) is 1. The van der Waals surface area contributed by atoms with Crippen molar-refractivity contribution in [3.8, 4) is 0 Å². The standard InChI is InChI=1S/C9H12BrNO2/c1-5(2)7-6(9(12)13-3)4-11-8(7)10/h4-5,11H,1-3H3. The molecule has 3 nitrogen and oxygen atoms in total. The Morgan fingerprint density at radius 1 is 1.62 bits per heavy atom. The molecule has 0 amide bonds. The molecule has 1 rings (SSSR count). The lowest BCUT2D eigenvalue weighted by Crippen LogP contribution is -2.04. The number of carbonyl (C=O) groups is 1. The zero-order valence-corrected chi connectivity index (χ0v) is 9.44. The fourth-order valence-electron chi connectivity index (χ4n) is 1.25. The predicted molar refractivity (Wildman–Crippen MR) is 53.9 cm³/mol. The third-order valence-electron chi connectivity index (χ3n) is 1.85. The van der Waals surface area contributed by atoms with Gasteiger partial charge in [0.2, 0.25) is 0 Å². The third-order valence-corrected chi connectivity index (χ3v) is 2.51. The van der Waals surface area contributed by atoms with Crippen molar-refractivity contribution in [3.05, 3.63) is 21.9 Å². The molecule has 0 aliphatic rings. The van der Waals surface area contributed by atoms with Crippen LogP contribution in [0.2, 0.25) is 0 Å². The SMILES string of the molecule is COC(=O)c1c[nH]c(Br)c1C(C)C. The van der Waals surface area contributed by atoms with Crippen molar-refractivity contribution in [1.29, 1.82) is 0 Å². The van der Waals surface area contributed by atoms with E-state index in [9.17, 15) is 4.79 Å². The predicted octanol–water partition coefficient (Wildman–Crippen LogP) is 2.69. The molecule has 1 heterocycles. The van der Waals surface area contributed by atoms with Crippen LogP contribution in [0.25, 0.3) is 0 Å². The molecule has 1 aromatic rings. The summed E-state index contributed by atoms with van der Waals surface area (Å²) in [5, 5.41) is 0. The normalized spacial score (nSPS) is 10.5. The number of methoxy groups -OCH3 is 1. The number of hydrogen-bond donors (Lipinski definition) is 1. The van der Waals surface area contributed by atoms with Gasteiger partial charge in [0.25, 0.3) is 0 Å². The van der Waals surface area contributed by atoms with Crippen molar-refractivity contribution in [2.75, 3.05) is 7.11 Å². The number of rotatable bonds is 2. The zero-order valence-electron chi connectivity index (χ0n) is 7.85. The monoisotopic (exact) mass is 245 g/mol. The summed E-state index contributed by atoms with van der Waals surface area (Å²) in [5.41, 5.74) is 1.57. The molecule has 0 fully saturated rings. The van der Waals surface area contributed by atoms with E-state index in [0.717, 1.165) is 10.2 Å². The van der Waals surface area contributed by atoms with Gasteiger partial charge in [-0.25, -0.2) is 4.79 Å². The molecule has 72 valence electrons. The van der Waals surface area contributed by atoms with Crippen LogP contribution in [0.3, 0.4) is 0 Å². The quantitative estimate of drug-likeness (QED) is 0.815. The van der Waals surface area contributed by atoms with Crippen LogP contribution in [0.15, 0.2) is 10.8 Å². The van der Waals surface area contributed by atoms with E-state index in [0.29, 0.717) is 5.56 Å². The average molecular weight is 246 g/mol. The maximum atomic E-state index is 11.3. The molecule has 0 saturated carbocycles. The van der Waals surface area contributed by atoms with Crippen LogP contribution < -0.4 is 0 Å². The van der Waals surface area contributed by atoms with Crippen molar-refractivity contribution in [1.82, 2.24) is 4.98 Å². The average Bonchev–Trinajstić information content (AvgIpc) is 2.45. The second-order valence-corrected chi connectivity index (χ2v) is 3.87. The first kappa shape index (κ1) is 10.3. The fraction of sp³-hybridized carbons (Fsp3) is 0.444. The summed E-state index contributed by atoms with van der Waals surface area (Å²) >= 11 is 3.35. The van der Waals surface area contributed by atoms with Crippen LogP contribution in [-0.4, -0.2) is 18.1 Å². The molecule has 1 N–H and O–H groups in total. The highest BCUT2D eigenvalue weighted by Crippen LogP contribution is 2.27. The Balaban J connectivity index is 3.15. The van der Waals surface area contributed by atoms with E-state index in [1.165, 1.54) is 7.11 Å². The third kappa shape index (κ3) is 1.94. The smallest absolute Gasteiger partial charge is 0.339 e. The second kappa shape index (κ2) is 3.96. The first-order chi connectivity index (χ1) is 6.07. The highest BCUT2D eigenvalue weighted by atomic mass is 79.9. The minimum Gasteiger partial charge on any atom is -0.465 e. The molecule has 0 atom stereocenters. The highest BCUT2D eigenvalue weighted by Gasteiger charge is 2.18. The lowest BCUT2D eigenvalue weighted by atomic mass is 10.0. The van der Waals surface area contributed by atoms with Crippen LogP contribution in [0.1, 0.15) is 35.7 Å². The molecule has 0 spiro atoms. The lowest BCUT2D eigenvalue weighted by Gasteiger charge is -2.05. The van der Waals surface area contributed by atoms with E-state index in [1.807, 2.05) is 13.8 Å². The number of hydrogen-bond acceptors (Lipinski definition) is 2. The zero-order chi connectivity index (χ0) is 10.0. The Morgan fingerprint density at radius 3 is 2.69 bits per heavy atom. The molecule has 1 aromatic heterocycles. The van der Waals surface area contributed by atoms with E-state index < -0.39 is 0 Å². The second-order valence-electron chi connectivity index (χ2n) is 3.08. The molecule has 0 aromatic carbocycles. The molecule has 13 heavy (non-hydrogen) atoms. The van der Waals surface area contributed by atoms with E-state index in [1.54, 1.807) is 6.20 Å². The van der Waals surface area contributed by atoms with Crippen LogP contribution in [0.5, 0.6) is 0 Å². The van der Waals surface area contributed by atoms with Crippen molar-refractivity contribution >= 4 is 21.9 Å². The Labute approximate surface area is 85.6 Å². The molecule has 0 saturated heterocycles. The van der Waals surface area contributed by atoms with Gasteiger partial charge in [-0.1, -0.05) is 13.8 Å². The van der Waals surface area contributed by atoms with Crippen LogP contribution in [0, 0.1) is 0 Å². The Kier molecular flexibility index (Phi) is 3.14. The number of esters is 1. The summed E-state index contributed by atoms with van der Waals surface area (Å²) in [7, 11) is 1.38. The van der Waals surface area contributed by atoms with E-state index in [-0.39, 0.29) is 11.9 Å². The van der Waals surface area contributed by atoms with Crippen molar-refractivity contribution in [2.45, 2.75) is 19.8 Å². The fourth-order valence-corrected chi connectivity index (χ4v) is 2.04. The molecular weight excluding hydrogens is 234 g/mol. The highest BCUT2D eigenvalue weighted by molar-refractivity contribution is 9.10. The van der Waals surface area contributed by atoms with Gasteiger partial charge in [0.1, 0.15) is 0 Å². The van der Waals surface area contributed by atoms with E-state index in [2.05, 4.69) is 25.7 Å². The summed E-state index contributed by atoms with van der Waals surface area (Å²) in [4.78, 5) is 14.2. The summed E-state index contributed by atoms with van der Waals surface area (Å²) < 4.78 is 5.51. The van der Waals surface area contributed by atoms with Gasteiger partial charge >= 0.3 is 5.97 Å². The van der Waals surface area contributed by atoms with Crippen molar-refractivity contribution in [2.24, 2.45) is 0 Å². The van der Waals surface area contributed by atoms with Crippen LogP contribution >= 0.6 is 15.9 Å².